The molecule has 7 heavy (non-hydrogen) atoms. The Morgan fingerprint density at radius 1 is 2.14 bits per heavy atom. The van der Waals surface area contributed by atoms with Gasteiger partial charge in [-0.1, -0.05) is 6.92 Å². The molecular formula is C6H10O. The van der Waals surface area contributed by atoms with Gasteiger partial charge in [-0.15, -0.1) is 0 Å². The second-order valence-electron chi connectivity index (χ2n) is 1.79. The van der Waals surface area contributed by atoms with E-state index in [0.29, 0.717) is 6.42 Å². The van der Waals surface area contributed by atoms with Crippen molar-refractivity contribution in [2.75, 3.05) is 0 Å². The van der Waals surface area contributed by atoms with Crippen LogP contribution in [0, 0.1) is 5.89 Å². The summed E-state index contributed by atoms with van der Waals surface area (Å²) in [5.41, 5.74) is 0. The molecule has 0 aromatic carbocycles. The van der Waals surface area contributed by atoms with Gasteiger partial charge in [-0.05, 0) is 12.8 Å². The van der Waals surface area contributed by atoms with Crippen molar-refractivity contribution < 1.29 is 8.91 Å². The van der Waals surface area contributed by atoms with E-state index in [1.54, 1.807) is 0 Å². The van der Waals surface area contributed by atoms with E-state index in [0.717, 1.165) is 0 Å². The van der Waals surface area contributed by atoms with E-state index in [1.165, 1.54) is 6.92 Å². The molecule has 0 N–H and O–H groups in total. The zero-order chi connectivity index (χ0) is 7.99. The van der Waals surface area contributed by atoms with E-state index in [-0.39, 0.29) is 6.42 Å². The average Bonchev–Trinajstić information content (AvgIpc) is 1.95. The van der Waals surface area contributed by atoms with Gasteiger partial charge in [-0.3, -0.25) is 4.79 Å². The molecule has 40 valence electrons. The van der Waals surface area contributed by atoms with Crippen molar-refractivity contribution in [3.05, 3.63) is 0 Å². The number of ketones is 1. The molecule has 1 saturated carbocycles. The highest BCUT2D eigenvalue weighted by Crippen LogP contribution is 2.19. The molecule has 0 spiro atoms. The van der Waals surface area contributed by atoms with Crippen LogP contribution in [0.2, 0.25) is 0 Å². The molecule has 1 nitrogen and oxygen atoms in total. The normalized spacial score (nSPS) is 55.6. The highest BCUT2D eigenvalue weighted by molar-refractivity contribution is 5.82. The first-order valence-corrected chi connectivity index (χ1v) is 2.41. The summed E-state index contributed by atoms with van der Waals surface area (Å²) in [4.78, 5) is 11.0. The number of carbonyl (C=O) groups is 1. The van der Waals surface area contributed by atoms with Gasteiger partial charge in [0.15, 0.2) is 0 Å². The third kappa shape index (κ3) is 0.817. The van der Waals surface area contributed by atoms with Crippen LogP contribution in [0.5, 0.6) is 0 Å². The summed E-state index contributed by atoms with van der Waals surface area (Å²) in [6, 6.07) is 0. The fourth-order valence-corrected chi connectivity index (χ4v) is 0.628. The Bertz CT molecular complexity index is 156. The molecular weight excluding hydrogens is 88.1 g/mol. The van der Waals surface area contributed by atoms with E-state index in [2.05, 4.69) is 0 Å². The van der Waals surface area contributed by atoms with E-state index in [4.69, 9.17) is 4.11 Å². The third-order valence-corrected chi connectivity index (χ3v) is 1.17. The lowest BCUT2D eigenvalue weighted by atomic mass is 10.1. The lowest BCUT2D eigenvalue weighted by Gasteiger charge is -1.91. The highest BCUT2D eigenvalue weighted by atomic mass is 16.1. The van der Waals surface area contributed by atoms with Crippen LogP contribution in [0.15, 0.2) is 0 Å². The number of Topliss-reactive ketones (excluding diaryl/α,β-unsaturated/α-hetero) is 1. The Labute approximate surface area is 47.9 Å². The first-order valence-electron chi connectivity index (χ1n) is 3.91. The highest BCUT2D eigenvalue weighted by Gasteiger charge is 2.18. The standard InChI is InChI=1S/C6H10O/c1-5-3-2-4-6(5)7/h5H,2-4H2,1H3/i4D2,5D. The fraction of sp³-hybridized carbons (Fsp3) is 0.833. The van der Waals surface area contributed by atoms with Crippen molar-refractivity contribution in [1.82, 2.24) is 0 Å². The van der Waals surface area contributed by atoms with Crippen LogP contribution in [-0.4, -0.2) is 5.78 Å². The number of hydrogen-bond acceptors (Lipinski definition) is 1. The van der Waals surface area contributed by atoms with Gasteiger partial charge in [0.05, 0.1) is 0 Å². The Hall–Kier alpha value is -0.330. The van der Waals surface area contributed by atoms with Gasteiger partial charge >= 0.3 is 0 Å². The van der Waals surface area contributed by atoms with Crippen LogP contribution in [0.25, 0.3) is 0 Å². The molecule has 0 bridgehead atoms. The van der Waals surface area contributed by atoms with Gasteiger partial charge in [0.2, 0.25) is 0 Å². The molecule has 0 aromatic rings. The van der Waals surface area contributed by atoms with E-state index >= 15 is 0 Å². The number of hydrogen-bond donors (Lipinski definition) is 0. The van der Waals surface area contributed by atoms with Crippen molar-refractivity contribution in [3.63, 3.8) is 0 Å². The van der Waals surface area contributed by atoms with E-state index in [9.17, 15) is 4.79 Å². The molecule has 1 aliphatic rings. The molecule has 1 aliphatic carbocycles. The number of rotatable bonds is 0. The third-order valence-electron chi connectivity index (χ3n) is 1.17. The molecule has 1 rings (SSSR count). The maximum atomic E-state index is 11.0. The molecule has 0 aromatic heterocycles. The van der Waals surface area contributed by atoms with E-state index in [1.807, 2.05) is 0 Å². The summed E-state index contributed by atoms with van der Waals surface area (Å²) < 4.78 is 21.6. The molecule has 0 amide bonds. The Kier molecular flexibility index (Phi) is 0.539. The Morgan fingerprint density at radius 2 is 2.86 bits per heavy atom. The Morgan fingerprint density at radius 3 is 3.00 bits per heavy atom. The van der Waals surface area contributed by atoms with Crippen molar-refractivity contribution in [3.8, 4) is 0 Å². The van der Waals surface area contributed by atoms with Crippen LogP contribution < -0.4 is 0 Å². The maximum Gasteiger partial charge on any atom is 0.135 e. The summed E-state index contributed by atoms with van der Waals surface area (Å²) >= 11 is 0. The smallest absolute Gasteiger partial charge is 0.135 e. The Balaban J connectivity index is 2.88. The summed E-state index contributed by atoms with van der Waals surface area (Å²) in [6.45, 7) is 1.47. The quantitative estimate of drug-likeness (QED) is 0.450. The SMILES string of the molecule is [2H]C1([2H])CCC([2H])(C)C1=O. The van der Waals surface area contributed by atoms with Gasteiger partial charge in [-0.25, -0.2) is 0 Å². The van der Waals surface area contributed by atoms with Gasteiger partial charge in [0.1, 0.15) is 5.78 Å². The number of carbonyl (C=O) groups excluding carboxylic acids is 1. The van der Waals surface area contributed by atoms with Crippen LogP contribution in [0.3, 0.4) is 0 Å². The minimum Gasteiger partial charge on any atom is -0.299 e. The summed E-state index contributed by atoms with van der Waals surface area (Å²) in [5.74, 6) is -1.75. The van der Waals surface area contributed by atoms with Crippen molar-refractivity contribution in [2.45, 2.75) is 26.1 Å². The molecule has 1 atom stereocenters. The van der Waals surface area contributed by atoms with Crippen LogP contribution in [0.4, 0.5) is 0 Å². The van der Waals surface area contributed by atoms with Crippen molar-refractivity contribution >= 4 is 5.78 Å². The average molecular weight is 101 g/mol. The van der Waals surface area contributed by atoms with Crippen LogP contribution >= 0.6 is 0 Å². The van der Waals surface area contributed by atoms with Crippen molar-refractivity contribution in [2.24, 2.45) is 5.89 Å². The molecule has 1 fully saturated rings. The second-order valence-corrected chi connectivity index (χ2v) is 1.79. The lowest BCUT2D eigenvalue weighted by Crippen LogP contribution is -1.98. The first kappa shape index (κ1) is 2.29. The first-order chi connectivity index (χ1) is 4.36. The molecule has 1 heteroatoms. The van der Waals surface area contributed by atoms with Gasteiger partial charge in [0, 0.05) is 16.4 Å². The van der Waals surface area contributed by atoms with Gasteiger partial charge in [-0.2, -0.15) is 0 Å². The topological polar surface area (TPSA) is 17.1 Å². The molecule has 0 heterocycles. The predicted octanol–water partition coefficient (Wildman–Crippen LogP) is 1.38. The predicted molar refractivity (Wildman–Crippen MR) is 28.0 cm³/mol. The largest absolute Gasteiger partial charge is 0.299 e. The van der Waals surface area contributed by atoms with E-state index < -0.39 is 18.1 Å². The summed E-state index contributed by atoms with van der Waals surface area (Å²) in [6.07, 6.45) is -1.19. The maximum absolute atomic E-state index is 11.0. The molecule has 0 aliphatic heterocycles. The summed E-state index contributed by atoms with van der Waals surface area (Å²) in [5, 5.41) is 0. The second kappa shape index (κ2) is 1.65. The van der Waals surface area contributed by atoms with Crippen molar-refractivity contribution in [1.29, 1.82) is 0 Å². The zero-order valence-corrected chi connectivity index (χ0v) is 4.32. The lowest BCUT2D eigenvalue weighted by molar-refractivity contribution is -0.120. The zero-order valence-electron chi connectivity index (χ0n) is 7.32. The molecule has 0 saturated heterocycles. The minimum atomic E-state index is -1.74. The fourth-order valence-electron chi connectivity index (χ4n) is 0.628. The molecule has 1 unspecified atom stereocenters. The van der Waals surface area contributed by atoms with Crippen LogP contribution in [-0.2, 0) is 4.79 Å². The van der Waals surface area contributed by atoms with Gasteiger partial charge in [0.25, 0.3) is 0 Å². The van der Waals surface area contributed by atoms with Gasteiger partial charge < -0.3 is 0 Å². The monoisotopic (exact) mass is 101 g/mol. The minimum absolute atomic E-state index is 0.200. The molecule has 0 radical (unpaired) electrons. The van der Waals surface area contributed by atoms with Crippen LogP contribution in [0.1, 0.15) is 30.3 Å². The summed E-state index contributed by atoms with van der Waals surface area (Å²) in [7, 11) is 0.